The molecule has 9 heteroatoms. The maximum Gasteiger partial charge on any atom is 0.243 e. The van der Waals surface area contributed by atoms with E-state index in [4.69, 9.17) is 0 Å². The predicted octanol–water partition coefficient (Wildman–Crippen LogP) is 5.02. The number of nitrogens with one attached hydrogen (secondary N) is 2. The SMILES string of the molecule is CC(=O)Nc1c(-c2ccccc2)cccc1S(=O)(=O)N[C@@H](C/C=C\c1ccc(C)cn1)C(=O)N1CCC(C)CC1. The smallest absolute Gasteiger partial charge is 0.243 e. The van der Waals surface area contributed by atoms with Crippen LogP contribution in [0.2, 0.25) is 0 Å². The van der Waals surface area contributed by atoms with Crippen LogP contribution in [0.3, 0.4) is 0 Å². The predicted molar refractivity (Wildman–Crippen MR) is 158 cm³/mol. The van der Waals surface area contributed by atoms with Crippen LogP contribution in [0.1, 0.15) is 44.4 Å². The highest BCUT2D eigenvalue weighted by molar-refractivity contribution is 7.89. The molecular formula is C31H36N4O4S. The van der Waals surface area contributed by atoms with Gasteiger partial charge in [-0.05, 0) is 61.4 Å². The van der Waals surface area contributed by atoms with Crippen molar-refractivity contribution in [2.75, 3.05) is 18.4 Å². The number of likely N-dealkylation sites (tertiary alicyclic amines) is 1. The van der Waals surface area contributed by atoms with Gasteiger partial charge in [-0.1, -0.05) is 61.5 Å². The molecule has 1 aliphatic rings. The van der Waals surface area contributed by atoms with E-state index in [1.807, 2.05) is 49.4 Å². The summed E-state index contributed by atoms with van der Waals surface area (Å²) in [6.45, 7) is 6.61. The summed E-state index contributed by atoms with van der Waals surface area (Å²) in [5.74, 6) is -0.145. The third-order valence-corrected chi connectivity index (χ3v) is 8.50. The van der Waals surface area contributed by atoms with Crippen LogP contribution in [-0.4, -0.2) is 49.2 Å². The molecule has 0 saturated carbocycles. The molecule has 2 aromatic carbocycles. The molecule has 2 amide bonds. The van der Waals surface area contributed by atoms with Crippen molar-refractivity contribution in [1.82, 2.24) is 14.6 Å². The number of aryl methyl sites for hydroxylation is 1. The minimum absolute atomic E-state index is 0.0988. The molecule has 1 aromatic heterocycles. The average molecular weight is 561 g/mol. The van der Waals surface area contributed by atoms with Gasteiger partial charge in [-0.3, -0.25) is 14.6 Å². The fourth-order valence-corrected chi connectivity index (χ4v) is 6.11. The van der Waals surface area contributed by atoms with Crippen LogP contribution in [0.4, 0.5) is 5.69 Å². The quantitative estimate of drug-likeness (QED) is 0.382. The minimum Gasteiger partial charge on any atom is -0.341 e. The Hall–Kier alpha value is -3.82. The van der Waals surface area contributed by atoms with Crippen molar-refractivity contribution in [3.05, 3.63) is 84.2 Å². The third kappa shape index (κ3) is 7.43. The van der Waals surface area contributed by atoms with Gasteiger partial charge in [0.1, 0.15) is 10.9 Å². The Morgan fingerprint density at radius 2 is 1.77 bits per heavy atom. The molecule has 0 aliphatic carbocycles. The van der Waals surface area contributed by atoms with Crippen molar-refractivity contribution >= 4 is 33.6 Å². The topological polar surface area (TPSA) is 108 Å². The molecule has 1 atom stereocenters. The van der Waals surface area contributed by atoms with E-state index in [-0.39, 0.29) is 22.9 Å². The maximum absolute atomic E-state index is 13.9. The van der Waals surface area contributed by atoms with E-state index in [2.05, 4.69) is 21.9 Å². The first-order chi connectivity index (χ1) is 19.1. The summed E-state index contributed by atoms with van der Waals surface area (Å²) in [6.07, 6.45) is 7.20. The molecule has 0 radical (unpaired) electrons. The van der Waals surface area contributed by atoms with Crippen LogP contribution >= 0.6 is 0 Å². The number of para-hydroxylation sites is 1. The van der Waals surface area contributed by atoms with Crippen molar-refractivity contribution in [1.29, 1.82) is 0 Å². The normalized spacial score (nSPS) is 15.2. The Morgan fingerprint density at radius 1 is 1.05 bits per heavy atom. The van der Waals surface area contributed by atoms with Crippen LogP contribution in [0.25, 0.3) is 17.2 Å². The molecule has 1 aliphatic heterocycles. The van der Waals surface area contributed by atoms with Gasteiger partial charge in [-0.25, -0.2) is 8.42 Å². The van der Waals surface area contributed by atoms with Gasteiger partial charge in [0.25, 0.3) is 0 Å². The number of hydrogen-bond acceptors (Lipinski definition) is 5. The number of carbonyl (C=O) groups is 2. The molecular weight excluding hydrogens is 524 g/mol. The molecule has 0 spiro atoms. The minimum atomic E-state index is -4.22. The molecule has 210 valence electrons. The second kappa shape index (κ2) is 13.0. The zero-order chi connectivity index (χ0) is 28.7. The van der Waals surface area contributed by atoms with Crippen molar-refractivity contribution < 1.29 is 18.0 Å². The number of rotatable bonds is 9. The van der Waals surface area contributed by atoms with Gasteiger partial charge in [0.15, 0.2) is 0 Å². The van der Waals surface area contributed by atoms with Crippen LogP contribution < -0.4 is 10.0 Å². The molecule has 40 heavy (non-hydrogen) atoms. The standard InChI is InChI=1S/C31H36N4O4S/c1-22-17-19-35(20-18-22)31(37)28(13-7-11-26-16-15-23(2)21-32-26)34-40(38,39)29-14-8-12-27(30(29)33-24(3)36)25-9-5-4-6-10-25/h4-12,14-16,21-22,28,34H,13,17-20H2,1-3H3,(H,33,36)/b11-7-/t28-/m0/s1. The highest BCUT2D eigenvalue weighted by Gasteiger charge is 2.32. The van der Waals surface area contributed by atoms with E-state index in [9.17, 15) is 18.0 Å². The highest BCUT2D eigenvalue weighted by Crippen LogP contribution is 2.34. The second-order valence-corrected chi connectivity index (χ2v) is 12.0. The number of hydrogen-bond donors (Lipinski definition) is 2. The van der Waals surface area contributed by atoms with Crippen molar-refractivity contribution in [2.24, 2.45) is 5.92 Å². The number of amides is 2. The lowest BCUT2D eigenvalue weighted by Gasteiger charge is -2.33. The number of aromatic nitrogens is 1. The Balaban J connectivity index is 1.67. The van der Waals surface area contributed by atoms with E-state index in [0.29, 0.717) is 24.6 Å². The first-order valence-corrected chi connectivity index (χ1v) is 15.0. The number of nitrogens with zero attached hydrogens (tertiary/aromatic N) is 2. The summed E-state index contributed by atoms with van der Waals surface area (Å²) in [6, 6.07) is 16.9. The van der Waals surface area contributed by atoms with Gasteiger partial charge in [-0.15, -0.1) is 0 Å². The Kier molecular flexibility index (Phi) is 9.50. The number of piperidine rings is 1. The molecule has 1 fully saturated rings. The molecule has 2 N–H and O–H groups in total. The van der Waals surface area contributed by atoms with Gasteiger partial charge in [-0.2, -0.15) is 4.72 Å². The fourth-order valence-electron chi connectivity index (χ4n) is 4.72. The highest BCUT2D eigenvalue weighted by atomic mass is 32.2. The van der Waals surface area contributed by atoms with E-state index in [0.717, 1.165) is 29.7 Å². The third-order valence-electron chi connectivity index (χ3n) is 6.99. The second-order valence-electron chi connectivity index (χ2n) is 10.3. The molecule has 0 unspecified atom stereocenters. The largest absolute Gasteiger partial charge is 0.341 e. The number of anilines is 1. The lowest BCUT2D eigenvalue weighted by molar-refractivity contribution is -0.134. The number of carbonyl (C=O) groups excluding carboxylic acids is 2. The van der Waals surface area contributed by atoms with Crippen molar-refractivity contribution in [2.45, 2.75) is 51.0 Å². The number of benzene rings is 2. The van der Waals surface area contributed by atoms with Crippen LogP contribution in [-0.2, 0) is 19.6 Å². The molecule has 8 nitrogen and oxygen atoms in total. The summed E-state index contributed by atoms with van der Waals surface area (Å²) in [5.41, 5.74) is 3.25. The van der Waals surface area contributed by atoms with E-state index >= 15 is 0 Å². The first-order valence-electron chi connectivity index (χ1n) is 13.5. The van der Waals surface area contributed by atoms with Gasteiger partial charge in [0.2, 0.25) is 21.8 Å². The van der Waals surface area contributed by atoms with Crippen LogP contribution in [0.5, 0.6) is 0 Å². The number of pyridine rings is 1. The lowest BCUT2D eigenvalue weighted by Crippen LogP contribution is -2.50. The molecule has 3 aromatic rings. The monoisotopic (exact) mass is 560 g/mol. The zero-order valence-electron chi connectivity index (χ0n) is 23.1. The summed E-state index contributed by atoms with van der Waals surface area (Å²) < 4.78 is 30.4. The average Bonchev–Trinajstić information content (AvgIpc) is 2.94. The van der Waals surface area contributed by atoms with E-state index in [1.165, 1.54) is 13.0 Å². The van der Waals surface area contributed by atoms with Gasteiger partial charge < -0.3 is 10.2 Å². The van der Waals surface area contributed by atoms with E-state index in [1.54, 1.807) is 35.4 Å². The fraction of sp³-hybridized carbons (Fsp3) is 0.323. The Labute approximate surface area is 236 Å². The molecule has 1 saturated heterocycles. The van der Waals surface area contributed by atoms with Crippen LogP contribution in [0.15, 0.2) is 77.8 Å². The summed E-state index contributed by atoms with van der Waals surface area (Å²) in [7, 11) is -4.22. The Morgan fingerprint density at radius 3 is 2.42 bits per heavy atom. The first kappa shape index (κ1) is 29.2. The molecule has 2 heterocycles. The summed E-state index contributed by atoms with van der Waals surface area (Å²) in [5, 5.41) is 2.71. The molecule has 0 bridgehead atoms. The summed E-state index contributed by atoms with van der Waals surface area (Å²) >= 11 is 0. The van der Waals surface area contributed by atoms with Gasteiger partial charge in [0.05, 0.1) is 11.4 Å². The molecule has 4 rings (SSSR count). The zero-order valence-corrected chi connectivity index (χ0v) is 23.9. The van der Waals surface area contributed by atoms with Gasteiger partial charge >= 0.3 is 0 Å². The van der Waals surface area contributed by atoms with Crippen LogP contribution in [0, 0.1) is 12.8 Å². The van der Waals surface area contributed by atoms with Crippen molar-refractivity contribution in [3.63, 3.8) is 0 Å². The van der Waals surface area contributed by atoms with Gasteiger partial charge in [0, 0.05) is 31.8 Å². The van der Waals surface area contributed by atoms with E-state index < -0.39 is 22.0 Å². The lowest BCUT2D eigenvalue weighted by atomic mass is 9.98. The Bertz CT molecular complexity index is 1460. The summed E-state index contributed by atoms with van der Waals surface area (Å²) in [4.78, 5) is 31.8. The number of sulfonamides is 1. The maximum atomic E-state index is 13.9. The van der Waals surface area contributed by atoms with Crippen molar-refractivity contribution in [3.8, 4) is 11.1 Å².